The Morgan fingerprint density at radius 3 is 1.62 bits per heavy atom. The van der Waals surface area contributed by atoms with Gasteiger partial charge in [-0.05, 0) is 148 Å². The second-order valence-electron chi connectivity index (χ2n) is 18.1. The van der Waals surface area contributed by atoms with E-state index >= 15 is 0 Å². The average Bonchev–Trinajstić information content (AvgIpc) is 3.84. The lowest BCUT2D eigenvalue weighted by Gasteiger charge is -2.61. The lowest BCUT2D eigenvalue weighted by molar-refractivity contribution is -0.0397. The summed E-state index contributed by atoms with van der Waals surface area (Å²) in [7, 11) is 0. The van der Waals surface area contributed by atoms with Gasteiger partial charge in [0.25, 0.3) is 0 Å². The predicted molar refractivity (Wildman–Crippen MR) is 254 cm³/mol. The van der Waals surface area contributed by atoms with Crippen LogP contribution in [0.25, 0.3) is 64.7 Å². The molecule has 0 unspecified atom stereocenters. The van der Waals surface area contributed by atoms with Crippen LogP contribution in [0, 0.1) is 23.7 Å². The number of thiophene rings is 1. The lowest BCUT2D eigenvalue weighted by atomic mass is 9.42. The summed E-state index contributed by atoms with van der Waals surface area (Å²) in [6, 6.07) is 70.6. The first-order valence-electron chi connectivity index (χ1n) is 22.0. The van der Waals surface area contributed by atoms with Crippen molar-refractivity contribution < 1.29 is 0 Å². The predicted octanol–water partition coefficient (Wildman–Crippen LogP) is 16.2. The Hall–Kier alpha value is -6.22. The molecule has 288 valence electrons. The third kappa shape index (κ3) is 5.10. The maximum Gasteiger partial charge on any atom is 0.0640 e. The van der Waals surface area contributed by atoms with E-state index in [0.717, 1.165) is 35.0 Å². The first kappa shape index (κ1) is 34.6. The zero-order valence-electron chi connectivity index (χ0n) is 33.6. The second-order valence-corrected chi connectivity index (χ2v) is 19.1. The maximum atomic E-state index is 2.50. The molecule has 4 bridgehead atoms. The van der Waals surface area contributed by atoms with Crippen molar-refractivity contribution in [3.8, 4) is 44.5 Å². The van der Waals surface area contributed by atoms with E-state index < -0.39 is 0 Å². The molecule has 1 nitrogen and oxygen atoms in total. The standard InChI is InChI=1S/C58H45NS/c1-2-10-39(11-3-1)41-24-28-46(29-25-41)59(54-18-9-16-52-50-13-5-7-19-55(50)60-57(52)54)47-30-26-42(27-31-47)40-20-22-43(23-21-40)48-14-8-15-51-49-12-4-6-17-53(49)58(56(48)51)44-33-37-32-38(35-44)36-45(58)34-37/h1-31,37-38,44-45H,32-36H2. The Morgan fingerprint density at radius 2 is 0.917 bits per heavy atom. The number of fused-ring (bicyclic) bond motifs is 6. The Labute approximate surface area is 356 Å². The van der Waals surface area contributed by atoms with Crippen LogP contribution in [0.5, 0.6) is 0 Å². The second kappa shape index (κ2) is 13.4. The van der Waals surface area contributed by atoms with Crippen LogP contribution in [0.2, 0.25) is 0 Å². The molecular weight excluding hydrogens is 743 g/mol. The molecule has 0 N–H and O–H groups in total. The van der Waals surface area contributed by atoms with Crippen LogP contribution in [0.3, 0.4) is 0 Å². The van der Waals surface area contributed by atoms with Crippen molar-refractivity contribution >= 4 is 48.6 Å². The number of rotatable bonds is 6. The molecule has 0 amide bonds. The van der Waals surface area contributed by atoms with Crippen molar-refractivity contribution in [2.24, 2.45) is 23.7 Å². The molecular formula is C58H45NS. The molecule has 2 heteroatoms. The summed E-state index contributed by atoms with van der Waals surface area (Å²) in [5.74, 6) is 3.37. The quantitative estimate of drug-likeness (QED) is 0.162. The van der Waals surface area contributed by atoms with Crippen LogP contribution in [-0.2, 0) is 5.41 Å². The Balaban J connectivity index is 0.875. The fourth-order valence-corrected chi connectivity index (χ4v) is 14.1. The topological polar surface area (TPSA) is 3.24 Å². The maximum absolute atomic E-state index is 2.50. The van der Waals surface area contributed by atoms with Gasteiger partial charge in [-0.15, -0.1) is 11.3 Å². The van der Waals surface area contributed by atoms with E-state index in [9.17, 15) is 0 Å². The molecule has 5 aliphatic carbocycles. The highest BCUT2D eigenvalue weighted by atomic mass is 32.1. The summed E-state index contributed by atoms with van der Waals surface area (Å²) in [4.78, 5) is 2.44. The SMILES string of the molecule is c1ccc(-c2ccc(N(c3ccc(-c4ccc(-c5cccc6c5C5(c7ccccc7-6)C6CC7CC(C6)CC5C7)cc4)cc3)c3cccc4c3sc3ccccc34)cc2)cc1. The molecule has 1 aromatic heterocycles. The monoisotopic (exact) mass is 787 g/mol. The minimum atomic E-state index is 0.151. The minimum Gasteiger partial charge on any atom is -0.309 e. The Bertz CT molecular complexity index is 3050. The highest BCUT2D eigenvalue weighted by molar-refractivity contribution is 7.26. The molecule has 1 spiro atoms. The van der Waals surface area contributed by atoms with Gasteiger partial charge in [-0.1, -0.05) is 152 Å². The molecule has 14 rings (SSSR count). The number of hydrogen-bond donors (Lipinski definition) is 0. The molecule has 0 atom stereocenters. The van der Waals surface area contributed by atoms with E-state index in [1.807, 2.05) is 11.3 Å². The molecule has 0 radical (unpaired) electrons. The highest BCUT2D eigenvalue weighted by Crippen LogP contribution is 2.70. The third-order valence-electron chi connectivity index (χ3n) is 15.1. The van der Waals surface area contributed by atoms with Gasteiger partial charge in [-0.3, -0.25) is 0 Å². The Kier molecular flexibility index (Phi) is 7.73. The molecule has 0 saturated heterocycles. The van der Waals surface area contributed by atoms with Gasteiger partial charge in [0, 0.05) is 32.3 Å². The summed E-state index contributed by atoms with van der Waals surface area (Å²) < 4.78 is 2.62. The van der Waals surface area contributed by atoms with Crippen LogP contribution < -0.4 is 4.90 Å². The molecule has 4 fully saturated rings. The molecule has 8 aromatic carbocycles. The number of hydrogen-bond acceptors (Lipinski definition) is 2. The van der Waals surface area contributed by atoms with Crippen LogP contribution in [0.1, 0.15) is 43.2 Å². The lowest BCUT2D eigenvalue weighted by Crippen LogP contribution is -2.55. The van der Waals surface area contributed by atoms with Crippen LogP contribution in [0.15, 0.2) is 188 Å². The van der Waals surface area contributed by atoms with Crippen molar-refractivity contribution in [3.05, 3.63) is 199 Å². The average molecular weight is 788 g/mol. The van der Waals surface area contributed by atoms with Crippen molar-refractivity contribution in [1.82, 2.24) is 0 Å². The van der Waals surface area contributed by atoms with Gasteiger partial charge in [0.05, 0.1) is 10.4 Å². The fourth-order valence-electron chi connectivity index (χ4n) is 12.9. The molecule has 60 heavy (non-hydrogen) atoms. The summed E-state index contributed by atoms with van der Waals surface area (Å²) in [6.07, 6.45) is 7.09. The van der Waals surface area contributed by atoms with E-state index in [-0.39, 0.29) is 5.41 Å². The van der Waals surface area contributed by atoms with Crippen molar-refractivity contribution in [3.63, 3.8) is 0 Å². The van der Waals surface area contributed by atoms with Gasteiger partial charge >= 0.3 is 0 Å². The zero-order valence-corrected chi connectivity index (χ0v) is 34.4. The van der Waals surface area contributed by atoms with Gasteiger partial charge in [0.15, 0.2) is 0 Å². The van der Waals surface area contributed by atoms with Crippen LogP contribution >= 0.6 is 11.3 Å². The van der Waals surface area contributed by atoms with Crippen LogP contribution in [0.4, 0.5) is 17.1 Å². The first-order valence-corrected chi connectivity index (χ1v) is 22.8. The van der Waals surface area contributed by atoms with Gasteiger partial charge in [0.2, 0.25) is 0 Å². The minimum absolute atomic E-state index is 0.151. The van der Waals surface area contributed by atoms with Gasteiger partial charge < -0.3 is 4.90 Å². The third-order valence-corrected chi connectivity index (χ3v) is 16.3. The van der Waals surface area contributed by atoms with Gasteiger partial charge in [-0.25, -0.2) is 0 Å². The molecule has 1 heterocycles. The summed E-state index contributed by atoms with van der Waals surface area (Å²) in [5, 5.41) is 2.62. The summed E-state index contributed by atoms with van der Waals surface area (Å²) in [5.41, 5.74) is 17.6. The summed E-state index contributed by atoms with van der Waals surface area (Å²) in [6.45, 7) is 0. The fraction of sp³-hybridized carbons (Fsp3) is 0.172. The van der Waals surface area contributed by atoms with Crippen LogP contribution in [-0.4, -0.2) is 0 Å². The largest absolute Gasteiger partial charge is 0.309 e. The smallest absolute Gasteiger partial charge is 0.0640 e. The van der Waals surface area contributed by atoms with E-state index in [1.165, 1.54) is 102 Å². The molecule has 4 saturated carbocycles. The number of benzene rings is 8. The van der Waals surface area contributed by atoms with Crippen molar-refractivity contribution in [1.29, 1.82) is 0 Å². The number of nitrogens with zero attached hydrogens (tertiary/aromatic N) is 1. The van der Waals surface area contributed by atoms with Crippen molar-refractivity contribution in [2.75, 3.05) is 4.90 Å². The van der Waals surface area contributed by atoms with E-state index in [0.29, 0.717) is 0 Å². The Morgan fingerprint density at radius 1 is 0.400 bits per heavy atom. The van der Waals surface area contributed by atoms with E-state index in [1.54, 1.807) is 11.1 Å². The van der Waals surface area contributed by atoms with Gasteiger partial charge in [-0.2, -0.15) is 0 Å². The molecule has 5 aliphatic rings. The van der Waals surface area contributed by atoms with Crippen molar-refractivity contribution in [2.45, 2.75) is 37.5 Å². The normalized spacial score (nSPS) is 22.1. The molecule has 9 aromatic rings. The first-order chi connectivity index (χ1) is 29.7. The number of anilines is 3. The zero-order chi connectivity index (χ0) is 39.4. The van der Waals surface area contributed by atoms with Gasteiger partial charge in [0.1, 0.15) is 0 Å². The van der Waals surface area contributed by atoms with E-state index in [2.05, 4.69) is 193 Å². The van der Waals surface area contributed by atoms with E-state index in [4.69, 9.17) is 0 Å². The highest BCUT2D eigenvalue weighted by Gasteiger charge is 2.62. The summed E-state index contributed by atoms with van der Waals surface area (Å²) >= 11 is 1.88. The molecule has 0 aliphatic heterocycles.